The third-order valence-corrected chi connectivity index (χ3v) is 4.23. The Morgan fingerprint density at radius 2 is 2.27 bits per heavy atom. The predicted molar refractivity (Wildman–Crippen MR) is 86.2 cm³/mol. The van der Waals surface area contributed by atoms with Gasteiger partial charge in [0.2, 0.25) is 0 Å². The van der Waals surface area contributed by atoms with Gasteiger partial charge in [-0.3, -0.25) is 4.79 Å². The lowest BCUT2D eigenvalue weighted by Crippen LogP contribution is -2.35. The first kappa shape index (κ1) is 14.8. The van der Waals surface area contributed by atoms with Gasteiger partial charge in [0.05, 0.1) is 0 Å². The van der Waals surface area contributed by atoms with E-state index in [4.69, 9.17) is 22.1 Å². The Bertz CT molecular complexity index is 766. The van der Waals surface area contributed by atoms with Gasteiger partial charge >= 0.3 is 0 Å². The van der Waals surface area contributed by atoms with Crippen molar-refractivity contribution in [3.8, 4) is 0 Å². The third-order valence-electron chi connectivity index (χ3n) is 3.99. The molecule has 1 unspecified atom stereocenters. The van der Waals surface area contributed by atoms with Crippen LogP contribution in [0.4, 0.5) is 0 Å². The summed E-state index contributed by atoms with van der Waals surface area (Å²) in [7, 11) is 0. The molecule has 6 heteroatoms. The van der Waals surface area contributed by atoms with E-state index in [0.29, 0.717) is 23.0 Å². The second kappa shape index (κ2) is 5.57. The molecule has 1 aliphatic rings. The molecule has 0 saturated heterocycles. The summed E-state index contributed by atoms with van der Waals surface area (Å²) in [6, 6.07) is 5.77. The molecular weight excluding hydrogens is 302 g/mol. The molecule has 1 aromatic carbocycles. The molecular formula is C16H18ClN3O2. The highest BCUT2D eigenvalue weighted by molar-refractivity contribution is 6.31. The van der Waals surface area contributed by atoms with Gasteiger partial charge in [0.25, 0.3) is 5.91 Å². The number of H-pyrrole nitrogens is 1. The quantitative estimate of drug-likeness (QED) is 0.910. The molecule has 0 radical (unpaired) electrons. The van der Waals surface area contributed by atoms with Crippen molar-refractivity contribution in [3.05, 3.63) is 46.4 Å². The van der Waals surface area contributed by atoms with Crippen molar-refractivity contribution in [2.75, 3.05) is 6.54 Å². The molecule has 22 heavy (non-hydrogen) atoms. The molecule has 0 spiro atoms. The van der Waals surface area contributed by atoms with Gasteiger partial charge < -0.3 is 20.4 Å². The van der Waals surface area contributed by atoms with E-state index in [-0.39, 0.29) is 6.23 Å². The fourth-order valence-corrected chi connectivity index (χ4v) is 3.14. The fourth-order valence-electron chi connectivity index (χ4n) is 2.97. The van der Waals surface area contributed by atoms with Crippen molar-refractivity contribution < 1.29 is 9.53 Å². The average Bonchev–Trinajstić information content (AvgIpc) is 2.96. The van der Waals surface area contributed by atoms with E-state index in [1.807, 2.05) is 36.2 Å². The molecule has 2 heterocycles. The van der Waals surface area contributed by atoms with E-state index in [1.165, 1.54) is 0 Å². The lowest BCUT2D eigenvalue weighted by molar-refractivity contribution is -0.116. The smallest absolute Gasteiger partial charge is 0.268 e. The van der Waals surface area contributed by atoms with Crippen LogP contribution in [-0.4, -0.2) is 28.6 Å². The number of ether oxygens (including phenoxy) is 1. The number of nitrogens with two attached hydrogens (primary N) is 1. The van der Waals surface area contributed by atoms with Gasteiger partial charge in [-0.05, 0) is 44.0 Å². The first-order valence-corrected chi connectivity index (χ1v) is 7.54. The van der Waals surface area contributed by atoms with Gasteiger partial charge in [0, 0.05) is 28.7 Å². The lowest BCUT2D eigenvalue weighted by Gasteiger charge is -2.23. The van der Waals surface area contributed by atoms with Crippen molar-refractivity contribution >= 4 is 28.4 Å². The highest BCUT2D eigenvalue weighted by Gasteiger charge is 2.31. The van der Waals surface area contributed by atoms with Crippen LogP contribution in [0, 0.1) is 0 Å². The van der Waals surface area contributed by atoms with E-state index < -0.39 is 5.91 Å². The number of benzene rings is 1. The van der Waals surface area contributed by atoms with Crippen molar-refractivity contribution in [2.24, 2.45) is 5.73 Å². The number of halogens is 1. The summed E-state index contributed by atoms with van der Waals surface area (Å²) in [6.45, 7) is 4.32. The van der Waals surface area contributed by atoms with Crippen LogP contribution in [-0.2, 0) is 16.0 Å². The number of carbonyl (C=O) groups is 1. The zero-order valence-electron chi connectivity index (χ0n) is 12.5. The molecule has 0 aliphatic carbocycles. The highest BCUT2D eigenvalue weighted by atomic mass is 35.5. The Balaban J connectivity index is 1.82. The predicted octanol–water partition coefficient (Wildman–Crippen LogP) is 2.76. The largest absolute Gasteiger partial charge is 0.473 e. The van der Waals surface area contributed by atoms with E-state index in [2.05, 4.69) is 4.98 Å². The number of rotatable bonds is 4. The van der Waals surface area contributed by atoms with Gasteiger partial charge in [-0.2, -0.15) is 0 Å². The van der Waals surface area contributed by atoms with E-state index >= 15 is 0 Å². The number of nitrogens with zero attached hydrogens (tertiary/aromatic N) is 1. The number of hydrogen-bond donors (Lipinski definition) is 2. The SMILES string of the molecule is CC1=C(C(N)=O)N(CCc2c[nH]c3ccc(Cl)cc23)C(C)O1. The van der Waals surface area contributed by atoms with Crippen LogP contribution in [0.25, 0.3) is 10.9 Å². The number of allylic oxidation sites excluding steroid dienone is 1. The number of nitrogens with one attached hydrogen (secondary N) is 1. The molecule has 1 atom stereocenters. The Morgan fingerprint density at radius 1 is 1.50 bits per heavy atom. The summed E-state index contributed by atoms with van der Waals surface area (Å²) < 4.78 is 5.60. The third kappa shape index (κ3) is 2.52. The fraction of sp³-hybridized carbons (Fsp3) is 0.312. The van der Waals surface area contributed by atoms with Crippen molar-refractivity contribution in [1.82, 2.24) is 9.88 Å². The molecule has 0 bridgehead atoms. The maximum atomic E-state index is 11.6. The van der Waals surface area contributed by atoms with Crippen LogP contribution in [0.2, 0.25) is 5.02 Å². The first-order chi connectivity index (χ1) is 10.5. The van der Waals surface area contributed by atoms with E-state index in [1.54, 1.807) is 6.92 Å². The Hall–Kier alpha value is -2.14. The summed E-state index contributed by atoms with van der Waals surface area (Å²) in [4.78, 5) is 16.7. The molecule has 3 rings (SSSR count). The van der Waals surface area contributed by atoms with Crippen LogP contribution >= 0.6 is 11.6 Å². The van der Waals surface area contributed by atoms with Crippen molar-refractivity contribution in [1.29, 1.82) is 0 Å². The number of fused-ring (bicyclic) bond motifs is 1. The molecule has 116 valence electrons. The lowest BCUT2D eigenvalue weighted by atomic mass is 10.1. The Kier molecular flexibility index (Phi) is 3.74. The molecule has 0 fully saturated rings. The highest BCUT2D eigenvalue weighted by Crippen LogP contribution is 2.27. The maximum Gasteiger partial charge on any atom is 0.268 e. The zero-order chi connectivity index (χ0) is 15.9. The van der Waals surface area contributed by atoms with Gasteiger partial charge in [0.15, 0.2) is 6.23 Å². The van der Waals surface area contributed by atoms with Crippen LogP contribution < -0.4 is 5.73 Å². The summed E-state index contributed by atoms with van der Waals surface area (Å²) in [6.07, 6.45) is 2.55. The molecule has 1 aromatic heterocycles. The Morgan fingerprint density at radius 3 is 3.00 bits per heavy atom. The summed E-state index contributed by atoms with van der Waals surface area (Å²) in [5.74, 6) is 0.130. The summed E-state index contributed by atoms with van der Waals surface area (Å²) >= 11 is 6.07. The normalized spacial score (nSPS) is 18.1. The summed E-state index contributed by atoms with van der Waals surface area (Å²) in [5.41, 5.74) is 8.12. The zero-order valence-corrected chi connectivity index (χ0v) is 13.3. The number of carbonyl (C=O) groups excluding carboxylic acids is 1. The first-order valence-electron chi connectivity index (χ1n) is 7.17. The molecule has 5 nitrogen and oxygen atoms in total. The van der Waals surface area contributed by atoms with Crippen molar-refractivity contribution in [2.45, 2.75) is 26.5 Å². The number of hydrogen-bond acceptors (Lipinski definition) is 3. The maximum absolute atomic E-state index is 11.6. The number of aromatic nitrogens is 1. The number of amides is 1. The average molecular weight is 320 g/mol. The van der Waals surface area contributed by atoms with Crippen LogP contribution in [0.5, 0.6) is 0 Å². The minimum Gasteiger partial charge on any atom is -0.473 e. The molecule has 3 N–H and O–H groups in total. The van der Waals surface area contributed by atoms with Crippen LogP contribution in [0.3, 0.4) is 0 Å². The molecule has 1 aliphatic heterocycles. The van der Waals surface area contributed by atoms with Gasteiger partial charge in [0.1, 0.15) is 11.5 Å². The van der Waals surface area contributed by atoms with E-state index in [0.717, 1.165) is 22.9 Å². The minimum atomic E-state index is -0.455. The number of aromatic amines is 1. The molecule has 1 amide bonds. The van der Waals surface area contributed by atoms with Gasteiger partial charge in [-0.1, -0.05) is 11.6 Å². The second-order valence-corrected chi connectivity index (χ2v) is 5.87. The monoisotopic (exact) mass is 319 g/mol. The van der Waals surface area contributed by atoms with E-state index in [9.17, 15) is 4.79 Å². The van der Waals surface area contributed by atoms with Crippen LogP contribution in [0.15, 0.2) is 35.9 Å². The topological polar surface area (TPSA) is 71.4 Å². The van der Waals surface area contributed by atoms with Gasteiger partial charge in [-0.25, -0.2) is 0 Å². The molecule has 0 saturated carbocycles. The van der Waals surface area contributed by atoms with Crippen LogP contribution in [0.1, 0.15) is 19.4 Å². The molecule has 2 aromatic rings. The number of primary amides is 1. The standard InChI is InChI=1S/C16H18ClN3O2/c1-9-15(16(18)21)20(10(2)22-9)6-5-11-8-19-14-4-3-12(17)7-13(11)14/h3-4,7-8,10,19H,5-6H2,1-2H3,(H2,18,21). The van der Waals surface area contributed by atoms with Gasteiger partial charge in [-0.15, -0.1) is 0 Å². The minimum absolute atomic E-state index is 0.184. The summed E-state index contributed by atoms with van der Waals surface area (Å²) in [5, 5.41) is 1.81. The second-order valence-electron chi connectivity index (χ2n) is 5.43. The van der Waals surface area contributed by atoms with Crippen molar-refractivity contribution in [3.63, 3.8) is 0 Å². The Labute approximate surface area is 133 Å².